The van der Waals surface area contributed by atoms with E-state index in [0.29, 0.717) is 0 Å². The van der Waals surface area contributed by atoms with Crippen LogP contribution in [-0.4, -0.2) is 39.3 Å². The second kappa shape index (κ2) is 6.50. The molecule has 8 heteroatoms. The molecule has 1 aromatic rings. The number of carbonyl (C=O) groups is 3. The van der Waals surface area contributed by atoms with Crippen LogP contribution in [0.15, 0.2) is 18.0 Å². The Kier molecular flexibility index (Phi) is 5.01. The van der Waals surface area contributed by atoms with Crippen molar-refractivity contribution in [1.29, 1.82) is 0 Å². The summed E-state index contributed by atoms with van der Waals surface area (Å²) in [7, 11) is 1.45. The van der Waals surface area contributed by atoms with Gasteiger partial charge in [-0.25, -0.2) is 9.59 Å². The number of aryl methyl sites for hydroxylation is 1. The lowest BCUT2D eigenvalue weighted by molar-refractivity contribution is -0.137. The van der Waals surface area contributed by atoms with Crippen LogP contribution in [0.4, 0.5) is 0 Å². The average molecular weight is 281 g/mol. The van der Waals surface area contributed by atoms with E-state index in [2.05, 4.69) is 10.4 Å². The first-order valence-electron chi connectivity index (χ1n) is 5.78. The highest BCUT2D eigenvalue weighted by molar-refractivity contribution is 6.04. The molecule has 1 aromatic heterocycles. The smallest absolute Gasteiger partial charge is 0.339 e. The zero-order valence-electron chi connectivity index (χ0n) is 11.3. The molecule has 8 nitrogen and oxygen atoms in total. The molecule has 0 aliphatic carbocycles. The van der Waals surface area contributed by atoms with Crippen molar-refractivity contribution in [1.82, 2.24) is 15.1 Å². The number of rotatable bonds is 5. The molecule has 108 valence electrons. The van der Waals surface area contributed by atoms with Crippen molar-refractivity contribution < 1.29 is 24.2 Å². The summed E-state index contributed by atoms with van der Waals surface area (Å²) >= 11 is 0. The molecule has 0 spiro atoms. The maximum absolute atomic E-state index is 12.0. The number of carbonyl (C=O) groups excluding carboxylic acids is 2. The molecular formula is C12H15N3O5. The first-order valence-corrected chi connectivity index (χ1v) is 5.78. The lowest BCUT2D eigenvalue weighted by Crippen LogP contribution is -2.26. The van der Waals surface area contributed by atoms with Crippen LogP contribution >= 0.6 is 0 Å². The highest BCUT2D eigenvalue weighted by atomic mass is 16.5. The van der Waals surface area contributed by atoms with Gasteiger partial charge < -0.3 is 15.2 Å². The highest BCUT2D eigenvalue weighted by Crippen LogP contribution is 2.08. The fraction of sp³-hybridized carbons (Fsp3) is 0.333. The first-order chi connectivity index (χ1) is 9.36. The Hall–Kier alpha value is -2.64. The first kappa shape index (κ1) is 15.4. The number of hydrogen-bond donors (Lipinski definition) is 2. The third-order valence-corrected chi connectivity index (χ3v) is 2.32. The predicted molar refractivity (Wildman–Crippen MR) is 68.0 cm³/mol. The Balaban J connectivity index is 2.89. The summed E-state index contributed by atoms with van der Waals surface area (Å²) in [4.78, 5) is 34.1. The molecule has 0 saturated heterocycles. The van der Waals surface area contributed by atoms with Gasteiger partial charge in [0.05, 0.1) is 12.8 Å². The predicted octanol–water partition coefficient (Wildman–Crippen LogP) is 0.315. The summed E-state index contributed by atoms with van der Waals surface area (Å²) in [5.74, 6) is -2.51. The van der Waals surface area contributed by atoms with Crippen molar-refractivity contribution in [2.75, 3.05) is 6.61 Å². The third kappa shape index (κ3) is 3.67. The van der Waals surface area contributed by atoms with Gasteiger partial charge in [0.25, 0.3) is 5.91 Å². The van der Waals surface area contributed by atoms with Crippen molar-refractivity contribution in [3.05, 3.63) is 29.2 Å². The van der Waals surface area contributed by atoms with E-state index in [9.17, 15) is 14.4 Å². The highest BCUT2D eigenvalue weighted by Gasteiger charge is 2.21. The molecule has 20 heavy (non-hydrogen) atoms. The minimum atomic E-state index is -1.25. The number of ether oxygens (including phenoxy) is 1. The van der Waals surface area contributed by atoms with E-state index in [-0.39, 0.29) is 23.6 Å². The van der Waals surface area contributed by atoms with Gasteiger partial charge in [-0.05, 0) is 13.8 Å². The Labute approximate surface area is 115 Å². The van der Waals surface area contributed by atoms with Crippen molar-refractivity contribution in [3.8, 4) is 0 Å². The van der Waals surface area contributed by atoms with Gasteiger partial charge in [0.15, 0.2) is 0 Å². The molecule has 0 fully saturated rings. The summed E-state index contributed by atoms with van der Waals surface area (Å²) in [5, 5.41) is 15.1. The van der Waals surface area contributed by atoms with Gasteiger partial charge in [0.2, 0.25) is 0 Å². The summed E-state index contributed by atoms with van der Waals surface area (Å²) < 4.78 is 5.84. The third-order valence-electron chi connectivity index (χ3n) is 2.32. The second-order valence-electron chi connectivity index (χ2n) is 3.87. The molecule has 0 bridgehead atoms. The molecule has 0 saturated carbocycles. The number of carboxylic acid groups (broad SMARTS) is 1. The molecule has 0 aromatic carbocycles. The second-order valence-corrected chi connectivity index (χ2v) is 3.87. The molecule has 1 heterocycles. The molecule has 1 amide bonds. The Morgan fingerprint density at radius 1 is 1.50 bits per heavy atom. The normalized spacial score (nSPS) is 11.1. The number of nitrogens with zero attached hydrogens (tertiary/aromatic N) is 2. The molecule has 0 aliphatic heterocycles. The number of aromatic carboxylic acids is 1. The fourth-order valence-corrected chi connectivity index (χ4v) is 1.50. The number of aromatic nitrogens is 2. The SMILES string of the molecule is CCOC(=O)/C=C(\C)NC(=O)c1c(C(=O)O)cnn1C. The van der Waals surface area contributed by atoms with Gasteiger partial charge in [-0.2, -0.15) is 5.10 Å². The fourth-order valence-electron chi connectivity index (χ4n) is 1.50. The van der Waals surface area contributed by atoms with E-state index in [1.807, 2.05) is 0 Å². The minimum absolute atomic E-state index is 0.103. The van der Waals surface area contributed by atoms with Crippen LogP contribution in [0.25, 0.3) is 0 Å². The Bertz CT molecular complexity index is 574. The van der Waals surface area contributed by atoms with Gasteiger partial charge in [-0.15, -0.1) is 0 Å². The molecule has 0 unspecified atom stereocenters. The number of esters is 1. The van der Waals surface area contributed by atoms with Gasteiger partial charge >= 0.3 is 11.9 Å². The maximum atomic E-state index is 12.0. The van der Waals surface area contributed by atoms with E-state index in [1.54, 1.807) is 6.92 Å². The van der Waals surface area contributed by atoms with Crippen molar-refractivity contribution in [3.63, 3.8) is 0 Å². The van der Waals surface area contributed by atoms with Crippen LogP contribution in [0.3, 0.4) is 0 Å². The minimum Gasteiger partial charge on any atom is -0.478 e. The Morgan fingerprint density at radius 2 is 2.15 bits per heavy atom. The van der Waals surface area contributed by atoms with E-state index >= 15 is 0 Å². The zero-order valence-corrected chi connectivity index (χ0v) is 11.3. The molecule has 1 rings (SSSR count). The molecular weight excluding hydrogens is 266 g/mol. The van der Waals surface area contributed by atoms with E-state index in [0.717, 1.165) is 17.0 Å². The Morgan fingerprint density at radius 3 is 2.70 bits per heavy atom. The quantitative estimate of drug-likeness (QED) is 0.594. The number of allylic oxidation sites excluding steroid dienone is 1. The number of amides is 1. The average Bonchev–Trinajstić information content (AvgIpc) is 2.71. The summed E-state index contributed by atoms with van der Waals surface area (Å²) in [6.07, 6.45) is 2.19. The van der Waals surface area contributed by atoms with Crippen molar-refractivity contribution in [2.45, 2.75) is 13.8 Å². The summed E-state index contributed by atoms with van der Waals surface area (Å²) in [6, 6.07) is 0. The van der Waals surface area contributed by atoms with Gasteiger partial charge in [-0.1, -0.05) is 0 Å². The van der Waals surface area contributed by atoms with Crippen LogP contribution < -0.4 is 5.32 Å². The monoisotopic (exact) mass is 281 g/mol. The molecule has 0 radical (unpaired) electrons. The number of nitrogens with one attached hydrogen (secondary N) is 1. The van der Waals surface area contributed by atoms with E-state index < -0.39 is 17.8 Å². The van der Waals surface area contributed by atoms with Gasteiger partial charge in [0, 0.05) is 18.8 Å². The topological polar surface area (TPSA) is 111 Å². The largest absolute Gasteiger partial charge is 0.478 e. The van der Waals surface area contributed by atoms with E-state index in [4.69, 9.17) is 9.84 Å². The zero-order chi connectivity index (χ0) is 15.3. The molecule has 0 aliphatic rings. The van der Waals surface area contributed by atoms with Crippen molar-refractivity contribution in [2.24, 2.45) is 7.05 Å². The van der Waals surface area contributed by atoms with Crippen LogP contribution in [0.1, 0.15) is 34.7 Å². The lowest BCUT2D eigenvalue weighted by atomic mass is 10.2. The lowest BCUT2D eigenvalue weighted by Gasteiger charge is -2.06. The molecule has 0 atom stereocenters. The molecule has 2 N–H and O–H groups in total. The maximum Gasteiger partial charge on any atom is 0.339 e. The van der Waals surface area contributed by atoms with E-state index in [1.165, 1.54) is 14.0 Å². The van der Waals surface area contributed by atoms with Gasteiger partial charge in [-0.3, -0.25) is 9.48 Å². The van der Waals surface area contributed by atoms with Gasteiger partial charge in [0.1, 0.15) is 11.3 Å². The van der Waals surface area contributed by atoms with Crippen LogP contribution in [0.5, 0.6) is 0 Å². The number of hydrogen-bond acceptors (Lipinski definition) is 5. The summed E-state index contributed by atoms with van der Waals surface area (Å²) in [6.45, 7) is 3.38. The standard InChI is InChI=1S/C12H15N3O5/c1-4-20-9(16)5-7(2)14-11(17)10-8(12(18)19)6-13-15(10)3/h5-6H,4H2,1-3H3,(H,14,17)(H,18,19)/b7-5+. The summed E-state index contributed by atoms with van der Waals surface area (Å²) in [5.41, 5.74) is -0.0750. The number of carboxylic acids is 1. The van der Waals surface area contributed by atoms with Crippen LogP contribution in [0.2, 0.25) is 0 Å². The van der Waals surface area contributed by atoms with Crippen LogP contribution in [-0.2, 0) is 16.6 Å². The van der Waals surface area contributed by atoms with Crippen molar-refractivity contribution >= 4 is 17.8 Å². The van der Waals surface area contributed by atoms with Crippen LogP contribution in [0, 0.1) is 0 Å².